The molecule has 2 aromatic rings. The van der Waals surface area contributed by atoms with Gasteiger partial charge in [0.05, 0.1) is 0 Å². The van der Waals surface area contributed by atoms with E-state index in [1.54, 1.807) is 0 Å². The van der Waals surface area contributed by atoms with E-state index in [9.17, 15) is 0 Å². The fourth-order valence-electron chi connectivity index (χ4n) is 2.03. The lowest BCUT2D eigenvalue weighted by Gasteiger charge is -2.17. The molecule has 1 aromatic carbocycles. The summed E-state index contributed by atoms with van der Waals surface area (Å²) in [5, 5.41) is 3.44. The van der Waals surface area contributed by atoms with E-state index in [0.717, 1.165) is 31.7 Å². The van der Waals surface area contributed by atoms with Crippen LogP contribution in [0.1, 0.15) is 11.3 Å². The molecule has 106 valence electrons. The molecule has 0 aliphatic heterocycles. The molecule has 3 nitrogen and oxygen atoms in total. The van der Waals surface area contributed by atoms with Crippen molar-refractivity contribution in [2.45, 2.75) is 13.3 Å². The molecule has 0 radical (unpaired) electrons. The van der Waals surface area contributed by atoms with E-state index in [4.69, 9.17) is 0 Å². The second-order valence-corrected chi connectivity index (χ2v) is 5.17. The van der Waals surface area contributed by atoms with Gasteiger partial charge in [-0.15, -0.1) is 0 Å². The lowest BCUT2D eigenvalue weighted by Crippen LogP contribution is -2.27. The zero-order valence-electron chi connectivity index (χ0n) is 12.3. The third-order valence-electron chi connectivity index (χ3n) is 3.35. The summed E-state index contributed by atoms with van der Waals surface area (Å²) in [6.07, 6.45) is 2.86. The molecule has 0 unspecified atom stereocenters. The molecule has 1 N–H and O–H groups in total. The summed E-state index contributed by atoms with van der Waals surface area (Å²) in [6, 6.07) is 14.6. The van der Waals surface area contributed by atoms with Crippen molar-refractivity contribution in [1.29, 1.82) is 0 Å². The summed E-state index contributed by atoms with van der Waals surface area (Å²) in [7, 11) is 2.15. The monoisotopic (exact) mass is 269 g/mol. The number of pyridine rings is 1. The number of hydrogen-bond acceptors (Lipinski definition) is 3. The molecule has 0 spiro atoms. The van der Waals surface area contributed by atoms with Crippen molar-refractivity contribution in [1.82, 2.24) is 9.88 Å². The van der Waals surface area contributed by atoms with Crippen LogP contribution >= 0.6 is 0 Å². The van der Waals surface area contributed by atoms with E-state index in [-0.39, 0.29) is 0 Å². The predicted molar refractivity (Wildman–Crippen MR) is 85.1 cm³/mol. The lowest BCUT2D eigenvalue weighted by atomic mass is 10.2. The van der Waals surface area contributed by atoms with Gasteiger partial charge >= 0.3 is 0 Å². The van der Waals surface area contributed by atoms with Crippen LogP contribution in [0.15, 0.2) is 48.7 Å². The number of benzene rings is 1. The molecule has 1 heterocycles. The second-order valence-electron chi connectivity index (χ2n) is 5.17. The first-order valence-electron chi connectivity index (χ1n) is 7.13. The average molecular weight is 269 g/mol. The van der Waals surface area contributed by atoms with Crippen molar-refractivity contribution < 1.29 is 0 Å². The molecule has 0 aliphatic carbocycles. The van der Waals surface area contributed by atoms with Gasteiger partial charge in [0, 0.05) is 43.6 Å². The quantitative estimate of drug-likeness (QED) is 0.837. The Bertz CT molecular complexity index is 493. The maximum atomic E-state index is 4.34. The standard InChI is InChI=1S/C17H23N3/c1-15-6-8-17(9-7-15)19-12-14-20(2)13-10-16-5-3-4-11-18-16/h3-9,11,19H,10,12-14H2,1-2H3. The first-order valence-corrected chi connectivity index (χ1v) is 7.13. The van der Waals surface area contributed by atoms with Crippen LogP contribution in [0.2, 0.25) is 0 Å². The third-order valence-corrected chi connectivity index (χ3v) is 3.35. The summed E-state index contributed by atoms with van der Waals surface area (Å²) in [4.78, 5) is 6.67. The SMILES string of the molecule is Cc1ccc(NCCN(C)CCc2ccccn2)cc1. The van der Waals surface area contributed by atoms with Crippen LogP contribution in [0.25, 0.3) is 0 Å². The Morgan fingerprint density at radius 1 is 1.05 bits per heavy atom. The van der Waals surface area contributed by atoms with Gasteiger partial charge in [0.2, 0.25) is 0 Å². The molecule has 0 saturated carbocycles. The first kappa shape index (κ1) is 14.5. The Morgan fingerprint density at radius 2 is 1.85 bits per heavy atom. The Kier molecular flexibility index (Phi) is 5.56. The number of hydrogen-bond donors (Lipinski definition) is 1. The molecular weight excluding hydrogens is 246 g/mol. The summed E-state index contributed by atoms with van der Waals surface area (Å²) < 4.78 is 0. The van der Waals surface area contributed by atoms with Gasteiger partial charge in [0.25, 0.3) is 0 Å². The first-order chi connectivity index (χ1) is 9.74. The number of anilines is 1. The van der Waals surface area contributed by atoms with Gasteiger partial charge in [-0.1, -0.05) is 23.8 Å². The minimum absolute atomic E-state index is 0.960. The molecule has 0 atom stereocenters. The average Bonchev–Trinajstić information content (AvgIpc) is 2.48. The van der Waals surface area contributed by atoms with Gasteiger partial charge in [-0.05, 0) is 38.2 Å². The van der Waals surface area contributed by atoms with Crippen LogP contribution < -0.4 is 5.32 Å². The molecule has 0 aliphatic rings. The highest BCUT2D eigenvalue weighted by atomic mass is 15.1. The van der Waals surface area contributed by atoms with Crippen LogP contribution in [0.4, 0.5) is 5.69 Å². The molecule has 20 heavy (non-hydrogen) atoms. The summed E-state index contributed by atoms with van der Waals surface area (Å²) in [5.74, 6) is 0. The molecule has 0 saturated heterocycles. The van der Waals surface area contributed by atoms with Gasteiger partial charge in [0.15, 0.2) is 0 Å². The highest BCUT2D eigenvalue weighted by Crippen LogP contribution is 2.07. The smallest absolute Gasteiger partial charge is 0.0416 e. The molecule has 2 rings (SSSR count). The minimum atomic E-state index is 0.960. The van der Waals surface area contributed by atoms with Gasteiger partial charge in [-0.25, -0.2) is 0 Å². The summed E-state index contributed by atoms with van der Waals surface area (Å²) >= 11 is 0. The number of likely N-dealkylation sites (N-methyl/N-ethyl adjacent to an activating group) is 1. The molecule has 0 bridgehead atoms. The van der Waals surface area contributed by atoms with Crippen LogP contribution in [0.5, 0.6) is 0 Å². The maximum absolute atomic E-state index is 4.34. The van der Waals surface area contributed by atoms with E-state index in [0.29, 0.717) is 0 Å². The van der Waals surface area contributed by atoms with Gasteiger partial charge in [0.1, 0.15) is 0 Å². The van der Waals surface area contributed by atoms with Crippen LogP contribution in [-0.4, -0.2) is 36.6 Å². The molecule has 1 aromatic heterocycles. The minimum Gasteiger partial charge on any atom is -0.384 e. The molecule has 3 heteroatoms. The largest absolute Gasteiger partial charge is 0.384 e. The second kappa shape index (κ2) is 7.65. The predicted octanol–water partition coefficient (Wildman–Crippen LogP) is 2.98. The molecule has 0 fully saturated rings. The van der Waals surface area contributed by atoms with Gasteiger partial charge in [-0.2, -0.15) is 0 Å². The zero-order chi connectivity index (χ0) is 14.2. The molecular formula is C17H23N3. The molecule has 0 amide bonds. The summed E-state index contributed by atoms with van der Waals surface area (Å²) in [5.41, 5.74) is 3.64. The van der Waals surface area contributed by atoms with Crippen molar-refractivity contribution in [3.05, 3.63) is 59.9 Å². The Morgan fingerprint density at radius 3 is 2.55 bits per heavy atom. The summed E-state index contributed by atoms with van der Waals surface area (Å²) in [6.45, 7) is 5.13. The number of nitrogens with zero attached hydrogens (tertiary/aromatic N) is 2. The van der Waals surface area contributed by atoms with E-state index >= 15 is 0 Å². The maximum Gasteiger partial charge on any atom is 0.0416 e. The fraction of sp³-hybridized carbons (Fsp3) is 0.353. The van der Waals surface area contributed by atoms with Crippen molar-refractivity contribution in [3.8, 4) is 0 Å². The van der Waals surface area contributed by atoms with Crippen LogP contribution in [0, 0.1) is 6.92 Å². The third kappa shape index (κ3) is 5.02. The Hall–Kier alpha value is -1.87. The fourth-order valence-corrected chi connectivity index (χ4v) is 2.03. The van der Waals surface area contributed by atoms with Crippen LogP contribution in [-0.2, 0) is 6.42 Å². The topological polar surface area (TPSA) is 28.2 Å². The zero-order valence-corrected chi connectivity index (χ0v) is 12.3. The lowest BCUT2D eigenvalue weighted by molar-refractivity contribution is 0.350. The van der Waals surface area contributed by atoms with E-state index in [1.165, 1.54) is 11.3 Å². The Labute approximate surface area is 121 Å². The highest BCUT2D eigenvalue weighted by Gasteiger charge is 2.00. The van der Waals surface area contributed by atoms with Gasteiger partial charge < -0.3 is 10.2 Å². The number of aryl methyl sites for hydroxylation is 1. The number of nitrogens with one attached hydrogen (secondary N) is 1. The van der Waals surface area contributed by atoms with E-state index in [1.807, 2.05) is 18.3 Å². The normalized spacial score (nSPS) is 10.8. The number of rotatable bonds is 7. The van der Waals surface area contributed by atoms with Crippen molar-refractivity contribution >= 4 is 5.69 Å². The number of aromatic nitrogens is 1. The van der Waals surface area contributed by atoms with Crippen molar-refractivity contribution in [3.63, 3.8) is 0 Å². The van der Waals surface area contributed by atoms with Crippen molar-refractivity contribution in [2.75, 3.05) is 32.0 Å². The van der Waals surface area contributed by atoms with E-state index < -0.39 is 0 Å². The Balaban J connectivity index is 1.65. The van der Waals surface area contributed by atoms with E-state index in [2.05, 4.69) is 59.5 Å². The highest BCUT2D eigenvalue weighted by molar-refractivity contribution is 5.44. The van der Waals surface area contributed by atoms with Crippen LogP contribution in [0.3, 0.4) is 0 Å². The van der Waals surface area contributed by atoms with Crippen molar-refractivity contribution in [2.24, 2.45) is 0 Å². The van der Waals surface area contributed by atoms with Gasteiger partial charge in [-0.3, -0.25) is 4.98 Å².